The molecule has 0 saturated carbocycles. The van der Waals surface area contributed by atoms with Gasteiger partial charge in [0.05, 0.1) is 0 Å². The summed E-state index contributed by atoms with van der Waals surface area (Å²) in [5.41, 5.74) is 0.290. The van der Waals surface area contributed by atoms with Gasteiger partial charge in [0.2, 0.25) is 0 Å². The van der Waals surface area contributed by atoms with E-state index in [-0.39, 0.29) is 11.3 Å². The second-order valence-corrected chi connectivity index (χ2v) is 4.41. The quantitative estimate of drug-likeness (QED) is 0.611. The molecule has 0 amide bonds. The van der Waals surface area contributed by atoms with Crippen molar-refractivity contribution in [3.8, 4) is 11.5 Å². The molecule has 0 spiro atoms. The number of hydrogen-bond acceptors (Lipinski definition) is 3. The highest BCUT2D eigenvalue weighted by molar-refractivity contribution is 7.98. The van der Waals surface area contributed by atoms with E-state index in [1.807, 2.05) is 24.5 Å². The highest BCUT2D eigenvalue weighted by Gasteiger charge is 2.08. The van der Waals surface area contributed by atoms with E-state index in [1.54, 1.807) is 6.07 Å². The Kier molecular flexibility index (Phi) is 3.99. The van der Waals surface area contributed by atoms with E-state index in [2.05, 4.69) is 0 Å². The van der Waals surface area contributed by atoms with Crippen LogP contribution in [0.1, 0.15) is 10.4 Å². The number of rotatable bonds is 4. The summed E-state index contributed by atoms with van der Waals surface area (Å²) < 4.78 is 19.2. The summed E-state index contributed by atoms with van der Waals surface area (Å²) in [6.45, 7) is 0. The fourth-order valence-electron chi connectivity index (χ4n) is 1.49. The van der Waals surface area contributed by atoms with Crippen molar-refractivity contribution in [2.24, 2.45) is 0 Å². The standard InChI is InChI=1S/C14H11FO2S/c1-18-14-5-3-2-4-13(14)17-12-7-6-10(9-16)8-11(12)15/h2-9H,1H3. The Labute approximate surface area is 109 Å². The molecule has 0 bridgehead atoms. The van der Waals surface area contributed by atoms with Crippen molar-refractivity contribution in [2.75, 3.05) is 6.26 Å². The Morgan fingerprint density at radius 3 is 2.61 bits per heavy atom. The Hall–Kier alpha value is -1.81. The Bertz CT molecular complexity index is 569. The van der Waals surface area contributed by atoms with E-state index in [9.17, 15) is 9.18 Å². The number of thioether (sulfide) groups is 1. The Morgan fingerprint density at radius 2 is 1.94 bits per heavy atom. The van der Waals surface area contributed by atoms with E-state index in [4.69, 9.17) is 4.74 Å². The number of hydrogen-bond donors (Lipinski definition) is 0. The van der Waals surface area contributed by atoms with Gasteiger partial charge in [-0.1, -0.05) is 12.1 Å². The predicted molar refractivity (Wildman–Crippen MR) is 70.1 cm³/mol. The molecular weight excluding hydrogens is 251 g/mol. The van der Waals surface area contributed by atoms with Crippen LogP contribution in [0, 0.1) is 5.82 Å². The lowest BCUT2D eigenvalue weighted by Crippen LogP contribution is -1.91. The van der Waals surface area contributed by atoms with Gasteiger partial charge < -0.3 is 4.74 Å². The third-order valence-electron chi connectivity index (χ3n) is 2.38. The Morgan fingerprint density at radius 1 is 1.17 bits per heavy atom. The molecule has 0 heterocycles. The molecule has 0 atom stereocenters. The van der Waals surface area contributed by atoms with Gasteiger partial charge in [0.25, 0.3) is 0 Å². The zero-order valence-corrected chi connectivity index (χ0v) is 10.5. The van der Waals surface area contributed by atoms with Crippen LogP contribution < -0.4 is 4.74 Å². The van der Waals surface area contributed by atoms with Crippen LogP contribution in [-0.2, 0) is 0 Å². The molecular formula is C14H11FO2S. The van der Waals surface area contributed by atoms with Gasteiger partial charge in [-0.15, -0.1) is 11.8 Å². The SMILES string of the molecule is CSc1ccccc1Oc1ccc(C=O)cc1F. The molecule has 0 N–H and O–H groups in total. The monoisotopic (exact) mass is 262 g/mol. The van der Waals surface area contributed by atoms with Gasteiger partial charge in [-0.2, -0.15) is 0 Å². The minimum absolute atomic E-state index is 0.113. The predicted octanol–water partition coefficient (Wildman–Crippen LogP) is 4.15. The number of benzene rings is 2. The van der Waals surface area contributed by atoms with Crippen LogP contribution in [0.25, 0.3) is 0 Å². The maximum absolute atomic E-state index is 13.7. The van der Waals surface area contributed by atoms with Gasteiger partial charge in [-0.25, -0.2) is 4.39 Å². The van der Waals surface area contributed by atoms with E-state index in [0.717, 1.165) is 11.0 Å². The lowest BCUT2D eigenvalue weighted by atomic mass is 10.2. The topological polar surface area (TPSA) is 26.3 Å². The number of para-hydroxylation sites is 1. The lowest BCUT2D eigenvalue weighted by Gasteiger charge is -2.10. The average molecular weight is 262 g/mol. The molecule has 2 aromatic carbocycles. The van der Waals surface area contributed by atoms with E-state index < -0.39 is 5.82 Å². The van der Waals surface area contributed by atoms with Crippen molar-refractivity contribution < 1.29 is 13.9 Å². The lowest BCUT2D eigenvalue weighted by molar-refractivity contribution is 0.112. The number of carbonyl (C=O) groups is 1. The Balaban J connectivity index is 2.31. The summed E-state index contributed by atoms with van der Waals surface area (Å²) in [5, 5.41) is 0. The summed E-state index contributed by atoms with van der Waals surface area (Å²) in [5.74, 6) is 0.167. The summed E-state index contributed by atoms with van der Waals surface area (Å²) in [6, 6.07) is 11.5. The maximum atomic E-state index is 13.7. The number of carbonyl (C=O) groups excluding carboxylic acids is 1. The highest BCUT2D eigenvalue weighted by atomic mass is 32.2. The van der Waals surface area contributed by atoms with Crippen LogP contribution in [0.3, 0.4) is 0 Å². The third kappa shape index (κ3) is 2.71. The van der Waals surface area contributed by atoms with Crippen molar-refractivity contribution in [1.82, 2.24) is 0 Å². The fraction of sp³-hybridized carbons (Fsp3) is 0.0714. The third-order valence-corrected chi connectivity index (χ3v) is 3.16. The molecule has 0 aliphatic carbocycles. The molecule has 0 aliphatic heterocycles. The number of aldehydes is 1. The molecule has 2 nitrogen and oxygen atoms in total. The van der Waals surface area contributed by atoms with Crippen molar-refractivity contribution in [2.45, 2.75) is 4.90 Å². The summed E-state index contributed by atoms with van der Waals surface area (Å²) >= 11 is 1.52. The molecule has 0 radical (unpaired) electrons. The average Bonchev–Trinajstić information content (AvgIpc) is 2.41. The molecule has 0 aliphatic rings. The summed E-state index contributed by atoms with van der Waals surface area (Å²) in [6.07, 6.45) is 2.52. The van der Waals surface area contributed by atoms with Crippen molar-refractivity contribution in [3.05, 3.63) is 53.8 Å². The minimum Gasteiger partial charge on any atom is -0.453 e. The van der Waals surface area contributed by atoms with Gasteiger partial charge >= 0.3 is 0 Å². The second kappa shape index (κ2) is 5.69. The molecule has 0 unspecified atom stereocenters. The van der Waals surface area contributed by atoms with Crippen molar-refractivity contribution >= 4 is 18.0 Å². The molecule has 0 aromatic heterocycles. The van der Waals surface area contributed by atoms with E-state index >= 15 is 0 Å². The van der Waals surface area contributed by atoms with Crippen LogP contribution in [0.15, 0.2) is 47.4 Å². The van der Waals surface area contributed by atoms with Gasteiger partial charge in [0, 0.05) is 10.5 Å². The van der Waals surface area contributed by atoms with Gasteiger partial charge in [-0.05, 0) is 36.6 Å². The maximum Gasteiger partial charge on any atom is 0.166 e. The van der Waals surface area contributed by atoms with E-state index in [0.29, 0.717) is 12.0 Å². The summed E-state index contributed by atoms with van der Waals surface area (Å²) in [7, 11) is 0. The van der Waals surface area contributed by atoms with E-state index in [1.165, 1.54) is 23.9 Å². The molecule has 2 rings (SSSR count). The smallest absolute Gasteiger partial charge is 0.166 e. The number of ether oxygens (including phenoxy) is 1. The molecule has 0 saturated heterocycles. The fourth-order valence-corrected chi connectivity index (χ4v) is 2.02. The first-order valence-electron chi connectivity index (χ1n) is 5.30. The first-order chi connectivity index (χ1) is 8.74. The van der Waals surface area contributed by atoms with Gasteiger partial charge in [-0.3, -0.25) is 4.79 Å². The first-order valence-corrected chi connectivity index (χ1v) is 6.52. The largest absolute Gasteiger partial charge is 0.453 e. The van der Waals surface area contributed by atoms with Gasteiger partial charge in [0.15, 0.2) is 11.6 Å². The van der Waals surface area contributed by atoms with Crippen LogP contribution in [-0.4, -0.2) is 12.5 Å². The zero-order valence-electron chi connectivity index (χ0n) is 9.72. The summed E-state index contributed by atoms with van der Waals surface area (Å²) in [4.78, 5) is 11.4. The molecule has 0 fully saturated rings. The van der Waals surface area contributed by atoms with Crippen molar-refractivity contribution in [3.63, 3.8) is 0 Å². The molecule has 2 aromatic rings. The minimum atomic E-state index is -0.546. The highest BCUT2D eigenvalue weighted by Crippen LogP contribution is 2.32. The van der Waals surface area contributed by atoms with Crippen molar-refractivity contribution in [1.29, 1.82) is 0 Å². The normalized spacial score (nSPS) is 10.1. The van der Waals surface area contributed by atoms with Crippen LogP contribution in [0.5, 0.6) is 11.5 Å². The van der Waals surface area contributed by atoms with Gasteiger partial charge in [0.1, 0.15) is 12.0 Å². The molecule has 92 valence electrons. The second-order valence-electron chi connectivity index (χ2n) is 3.56. The van der Waals surface area contributed by atoms with Crippen LogP contribution >= 0.6 is 11.8 Å². The first kappa shape index (κ1) is 12.6. The van der Waals surface area contributed by atoms with Crippen LogP contribution in [0.2, 0.25) is 0 Å². The zero-order chi connectivity index (χ0) is 13.0. The van der Waals surface area contributed by atoms with Crippen LogP contribution in [0.4, 0.5) is 4.39 Å². The molecule has 18 heavy (non-hydrogen) atoms. The number of halogens is 1. The molecule has 4 heteroatoms.